The lowest BCUT2D eigenvalue weighted by atomic mass is 10.1. The van der Waals surface area contributed by atoms with Gasteiger partial charge in [0.15, 0.2) is 0 Å². The molecule has 4 rings (SSSR count). The zero-order valence-electron chi connectivity index (χ0n) is 15.7. The zero-order valence-corrected chi connectivity index (χ0v) is 18.1. The number of nitrogens with one attached hydrogen (secondary N) is 1. The normalized spacial score (nSPS) is 17.0. The van der Waals surface area contributed by atoms with E-state index in [4.69, 9.17) is 0 Å². The smallest absolute Gasteiger partial charge is 0.251 e. The second-order valence-electron chi connectivity index (χ2n) is 7.64. The molecule has 2 aromatic carbocycles. The second-order valence-corrected chi connectivity index (χ2v) is 10.4. The maximum absolute atomic E-state index is 13.2. The average Bonchev–Trinajstić information content (AvgIpc) is 3.57. The summed E-state index contributed by atoms with van der Waals surface area (Å²) < 4.78 is 28.9. The van der Waals surface area contributed by atoms with E-state index in [1.165, 1.54) is 0 Å². The lowest BCUT2D eigenvalue weighted by Gasteiger charge is -2.22. The molecular formula is C21H23BrN2O3S. The third kappa shape index (κ3) is 4.31. The van der Waals surface area contributed by atoms with Gasteiger partial charge in [-0.1, -0.05) is 28.1 Å². The number of hydrogen-bond acceptors (Lipinski definition) is 3. The minimum atomic E-state index is -3.58. The number of amides is 1. The van der Waals surface area contributed by atoms with Gasteiger partial charge >= 0.3 is 0 Å². The minimum absolute atomic E-state index is 0.0480. The van der Waals surface area contributed by atoms with Gasteiger partial charge in [-0.25, -0.2) is 8.42 Å². The second kappa shape index (κ2) is 7.61. The van der Waals surface area contributed by atoms with E-state index in [0.717, 1.165) is 41.3 Å². The number of hydrogen-bond donors (Lipinski definition) is 1. The molecule has 0 unspecified atom stereocenters. The van der Waals surface area contributed by atoms with Gasteiger partial charge in [0, 0.05) is 28.7 Å². The topological polar surface area (TPSA) is 66.5 Å². The van der Waals surface area contributed by atoms with Crippen LogP contribution in [-0.4, -0.2) is 30.7 Å². The van der Waals surface area contributed by atoms with Crippen molar-refractivity contribution in [3.63, 3.8) is 0 Å². The summed E-state index contributed by atoms with van der Waals surface area (Å²) in [6.07, 6.45) is 3.87. The van der Waals surface area contributed by atoms with E-state index < -0.39 is 10.0 Å². The Morgan fingerprint density at radius 1 is 1.11 bits per heavy atom. The molecular weight excluding hydrogens is 440 g/mol. The Hall–Kier alpha value is -1.70. The van der Waals surface area contributed by atoms with Gasteiger partial charge < -0.3 is 5.32 Å². The van der Waals surface area contributed by atoms with E-state index in [2.05, 4.69) is 21.2 Å². The molecule has 7 heteroatoms. The average molecular weight is 463 g/mol. The molecule has 2 aliphatic carbocycles. The first-order chi connectivity index (χ1) is 13.3. The number of benzene rings is 2. The molecule has 2 aliphatic rings. The summed E-state index contributed by atoms with van der Waals surface area (Å²) >= 11 is 3.42. The van der Waals surface area contributed by atoms with Crippen LogP contribution in [0.5, 0.6) is 0 Å². The Labute approximate surface area is 174 Å². The van der Waals surface area contributed by atoms with Crippen LogP contribution in [0, 0.1) is 6.92 Å². The van der Waals surface area contributed by atoms with Crippen LogP contribution in [0.15, 0.2) is 51.8 Å². The highest BCUT2D eigenvalue weighted by Gasteiger charge is 2.38. The molecule has 28 heavy (non-hydrogen) atoms. The summed E-state index contributed by atoms with van der Waals surface area (Å²) in [5.74, 6) is -0.0638. The Morgan fingerprint density at radius 2 is 1.79 bits per heavy atom. The predicted molar refractivity (Wildman–Crippen MR) is 112 cm³/mol. The van der Waals surface area contributed by atoms with Crippen molar-refractivity contribution >= 4 is 31.9 Å². The summed E-state index contributed by atoms with van der Waals surface area (Å²) in [5, 5.41) is 2.97. The summed E-state index contributed by atoms with van der Waals surface area (Å²) in [4.78, 5) is 12.4. The van der Waals surface area contributed by atoms with E-state index in [1.807, 2.05) is 19.1 Å². The van der Waals surface area contributed by atoms with E-state index in [9.17, 15) is 13.2 Å². The van der Waals surface area contributed by atoms with Gasteiger partial charge in [0.1, 0.15) is 0 Å². The number of nitrogens with zero attached hydrogens (tertiary/aromatic N) is 1. The van der Waals surface area contributed by atoms with E-state index >= 15 is 0 Å². The van der Waals surface area contributed by atoms with Crippen LogP contribution >= 0.6 is 15.9 Å². The molecule has 0 atom stereocenters. The minimum Gasteiger partial charge on any atom is -0.349 e. The molecule has 1 amide bonds. The van der Waals surface area contributed by atoms with Crippen molar-refractivity contribution in [2.24, 2.45) is 0 Å². The van der Waals surface area contributed by atoms with Crippen molar-refractivity contribution in [1.29, 1.82) is 0 Å². The van der Waals surface area contributed by atoms with Crippen molar-refractivity contribution in [3.05, 3.63) is 63.6 Å². The van der Waals surface area contributed by atoms with Crippen molar-refractivity contribution in [3.8, 4) is 0 Å². The highest BCUT2D eigenvalue weighted by molar-refractivity contribution is 9.10. The predicted octanol–water partition coefficient (Wildman–Crippen LogP) is 4.00. The molecule has 2 saturated carbocycles. The van der Waals surface area contributed by atoms with Crippen LogP contribution in [0.1, 0.15) is 47.2 Å². The first kappa shape index (κ1) is 19.6. The van der Waals surface area contributed by atoms with Crippen molar-refractivity contribution in [2.75, 3.05) is 0 Å². The maximum atomic E-state index is 13.2. The van der Waals surface area contributed by atoms with Gasteiger partial charge in [-0.3, -0.25) is 4.79 Å². The van der Waals surface area contributed by atoms with Crippen LogP contribution in [0.2, 0.25) is 0 Å². The maximum Gasteiger partial charge on any atom is 0.251 e. The number of aryl methyl sites for hydroxylation is 1. The van der Waals surface area contributed by atoms with Gasteiger partial charge in [-0.2, -0.15) is 4.31 Å². The molecule has 5 nitrogen and oxygen atoms in total. The van der Waals surface area contributed by atoms with Crippen molar-refractivity contribution < 1.29 is 13.2 Å². The quantitative estimate of drug-likeness (QED) is 0.675. The van der Waals surface area contributed by atoms with Crippen LogP contribution in [0.25, 0.3) is 0 Å². The van der Waals surface area contributed by atoms with Crippen LogP contribution in [0.3, 0.4) is 0 Å². The standard InChI is InChI=1S/C21H23BrN2O3S/c1-14-12-19(10-11-20(14)22)28(26,27)24(18-8-9-18)13-15-2-4-16(5-3-15)21(25)23-17-6-7-17/h2-5,10-12,17-18H,6-9,13H2,1H3,(H,23,25). The molecule has 0 radical (unpaired) electrons. The van der Waals surface area contributed by atoms with Crippen molar-refractivity contribution in [1.82, 2.24) is 9.62 Å². The third-order valence-electron chi connectivity index (χ3n) is 5.16. The van der Waals surface area contributed by atoms with Crippen LogP contribution in [0.4, 0.5) is 0 Å². The molecule has 0 saturated heterocycles. The summed E-state index contributed by atoms with van der Waals surface area (Å²) in [6.45, 7) is 2.20. The van der Waals surface area contributed by atoms with Crippen LogP contribution in [-0.2, 0) is 16.6 Å². The highest BCUT2D eigenvalue weighted by atomic mass is 79.9. The Kier molecular flexibility index (Phi) is 5.33. The number of halogens is 1. The number of sulfonamides is 1. The fraction of sp³-hybridized carbons (Fsp3) is 0.381. The lowest BCUT2D eigenvalue weighted by Crippen LogP contribution is -2.32. The molecule has 0 spiro atoms. The molecule has 1 N–H and O–H groups in total. The van der Waals surface area contributed by atoms with Crippen LogP contribution < -0.4 is 5.32 Å². The fourth-order valence-electron chi connectivity index (χ4n) is 3.12. The van der Waals surface area contributed by atoms with Gasteiger partial charge in [0.25, 0.3) is 5.91 Å². The Bertz CT molecular complexity index is 997. The monoisotopic (exact) mass is 462 g/mol. The molecule has 0 aliphatic heterocycles. The summed E-state index contributed by atoms with van der Waals surface area (Å²) in [6, 6.07) is 12.7. The van der Waals surface area contributed by atoms with Gasteiger partial charge in [-0.05, 0) is 74.1 Å². The van der Waals surface area contributed by atoms with Gasteiger partial charge in [0.2, 0.25) is 10.0 Å². The number of carbonyl (C=O) groups is 1. The molecule has 2 aromatic rings. The lowest BCUT2D eigenvalue weighted by molar-refractivity contribution is 0.0951. The first-order valence-electron chi connectivity index (χ1n) is 9.52. The molecule has 0 bridgehead atoms. The Morgan fingerprint density at radius 3 is 2.36 bits per heavy atom. The summed E-state index contributed by atoms with van der Waals surface area (Å²) in [5.41, 5.74) is 2.38. The third-order valence-corrected chi connectivity index (χ3v) is 7.94. The summed E-state index contributed by atoms with van der Waals surface area (Å²) in [7, 11) is -3.58. The first-order valence-corrected chi connectivity index (χ1v) is 11.8. The van der Waals surface area contributed by atoms with E-state index in [-0.39, 0.29) is 11.9 Å². The van der Waals surface area contributed by atoms with E-state index in [1.54, 1.807) is 34.6 Å². The fourth-order valence-corrected chi connectivity index (χ4v) is 5.13. The van der Waals surface area contributed by atoms with Gasteiger partial charge in [-0.15, -0.1) is 0 Å². The zero-order chi connectivity index (χ0) is 19.9. The van der Waals surface area contributed by atoms with Crippen molar-refractivity contribution in [2.45, 2.75) is 56.1 Å². The molecule has 2 fully saturated rings. The molecule has 148 valence electrons. The highest BCUT2D eigenvalue weighted by Crippen LogP contribution is 2.34. The largest absolute Gasteiger partial charge is 0.349 e. The van der Waals surface area contributed by atoms with E-state index in [0.29, 0.717) is 23.0 Å². The molecule has 0 aromatic heterocycles. The molecule has 0 heterocycles. The Balaban J connectivity index is 1.53. The SMILES string of the molecule is Cc1cc(S(=O)(=O)N(Cc2ccc(C(=O)NC3CC3)cc2)C2CC2)ccc1Br. The number of carbonyl (C=O) groups excluding carboxylic acids is 1. The van der Waals surface area contributed by atoms with Gasteiger partial charge in [0.05, 0.1) is 4.90 Å². The number of rotatable bonds is 7.